The third kappa shape index (κ3) is 5.36. The van der Waals surface area contributed by atoms with Crippen LogP contribution in [0.3, 0.4) is 0 Å². The molecule has 0 unspecified atom stereocenters. The summed E-state index contributed by atoms with van der Waals surface area (Å²) in [5.74, 6) is 0.699. The summed E-state index contributed by atoms with van der Waals surface area (Å²) < 4.78 is 18.8. The molecule has 0 saturated heterocycles. The van der Waals surface area contributed by atoms with Gasteiger partial charge in [0.05, 0.1) is 35.6 Å². The van der Waals surface area contributed by atoms with E-state index in [1.165, 1.54) is 15.9 Å². The lowest BCUT2D eigenvalue weighted by molar-refractivity contribution is -0.139. The summed E-state index contributed by atoms with van der Waals surface area (Å²) in [4.78, 5) is 31.8. The monoisotopic (exact) mass is 540 g/mol. The number of allylic oxidation sites excluding steroid dienone is 1. The van der Waals surface area contributed by atoms with Gasteiger partial charge in [-0.2, -0.15) is 0 Å². The molecule has 3 aromatic rings. The van der Waals surface area contributed by atoms with Crippen LogP contribution in [0.25, 0.3) is 6.08 Å². The zero-order valence-electron chi connectivity index (χ0n) is 21.4. The number of thiazole rings is 1. The number of carbonyl (C=O) groups is 1. The van der Waals surface area contributed by atoms with Crippen LogP contribution in [-0.4, -0.2) is 30.4 Å². The second-order valence-corrected chi connectivity index (χ2v) is 9.99. The fraction of sp³-hybridized carbons (Fsp3) is 0.321. The van der Waals surface area contributed by atoms with Crippen LogP contribution in [0.5, 0.6) is 11.5 Å². The number of fused-ring (bicyclic) bond motifs is 1. The van der Waals surface area contributed by atoms with Gasteiger partial charge in [-0.05, 0) is 62.6 Å². The number of hydrogen-bond acceptors (Lipinski definition) is 7. The minimum atomic E-state index is -0.757. The maximum atomic E-state index is 13.8. The van der Waals surface area contributed by atoms with Crippen molar-refractivity contribution in [3.05, 3.63) is 89.6 Å². The van der Waals surface area contributed by atoms with Crippen molar-refractivity contribution >= 4 is 35.0 Å². The number of esters is 1. The number of rotatable bonds is 8. The lowest BCUT2D eigenvalue weighted by Crippen LogP contribution is -2.40. The highest BCUT2D eigenvalue weighted by atomic mass is 35.5. The Morgan fingerprint density at radius 3 is 2.65 bits per heavy atom. The highest BCUT2D eigenvalue weighted by Crippen LogP contribution is 2.34. The number of benzene rings is 2. The quantitative estimate of drug-likeness (QED) is 0.389. The van der Waals surface area contributed by atoms with Crippen molar-refractivity contribution in [1.29, 1.82) is 0 Å². The van der Waals surface area contributed by atoms with Gasteiger partial charge in [-0.25, -0.2) is 9.79 Å². The number of aromatic nitrogens is 1. The molecule has 0 N–H and O–H groups in total. The van der Waals surface area contributed by atoms with Crippen LogP contribution in [0.15, 0.2) is 63.5 Å². The SMILES string of the molecule is CCOC(=O)C1=C(C)N=c2s/c(=C/c3ccc(O[C@@H](C)CC)c(OC)c3)c(=O)n2[C@H]1c1ccccc1Cl. The molecule has 9 heteroatoms. The van der Waals surface area contributed by atoms with Crippen LogP contribution in [-0.2, 0) is 9.53 Å². The fourth-order valence-corrected chi connectivity index (χ4v) is 5.39. The molecule has 1 aliphatic rings. The summed E-state index contributed by atoms with van der Waals surface area (Å²) in [7, 11) is 1.58. The van der Waals surface area contributed by atoms with Crippen LogP contribution in [0.2, 0.25) is 5.02 Å². The van der Waals surface area contributed by atoms with E-state index in [1.807, 2.05) is 37.3 Å². The van der Waals surface area contributed by atoms with Crippen molar-refractivity contribution in [3.63, 3.8) is 0 Å². The molecular formula is C28H29ClN2O5S. The molecule has 0 saturated carbocycles. The summed E-state index contributed by atoms with van der Waals surface area (Å²) in [5, 5.41) is 0.445. The first-order valence-corrected chi connectivity index (χ1v) is 13.3. The van der Waals surface area contributed by atoms with Crippen molar-refractivity contribution < 1.29 is 19.0 Å². The molecule has 2 heterocycles. The topological polar surface area (TPSA) is 79.1 Å². The Kier molecular flexibility index (Phi) is 8.19. The first-order chi connectivity index (χ1) is 17.8. The van der Waals surface area contributed by atoms with Gasteiger partial charge in [0.1, 0.15) is 6.04 Å². The predicted molar refractivity (Wildman–Crippen MR) is 145 cm³/mol. The molecule has 1 aliphatic heterocycles. The number of halogens is 1. The van der Waals surface area contributed by atoms with Crippen LogP contribution < -0.4 is 24.4 Å². The molecule has 0 spiro atoms. The summed E-state index contributed by atoms with van der Waals surface area (Å²) in [6, 6.07) is 12.0. The Balaban J connectivity index is 1.87. The number of ether oxygens (including phenoxy) is 3. The Morgan fingerprint density at radius 2 is 1.97 bits per heavy atom. The lowest BCUT2D eigenvalue weighted by Gasteiger charge is -2.25. The van der Waals surface area contributed by atoms with Crippen LogP contribution in [0.1, 0.15) is 51.3 Å². The van der Waals surface area contributed by atoms with Crippen molar-refractivity contribution in [2.45, 2.75) is 46.3 Å². The van der Waals surface area contributed by atoms with Gasteiger partial charge in [0.2, 0.25) is 0 Å². The molecule has 2 atom stereocenters. The third-order valence-corrected chi connectivity index (χ3v) is 7.43. The standard InChI is InChI=1S/C28H29ClN2O5S/c1-6-16(3)36-21-13-12-18(14-22(21)34-5)15-23-26(32)31-25(19-10-8-9-11-20(19)29)24(27(33)35-7-2)17(4)30-28(31)37-23/h8-16,25H,6-7H2,1-5H3/b23-15+/t16-,25-/m0/s1. The highest BCUT2D eigenvalue weighted by Gasteiger charge is 2.34. The van der Waals surface area contributed by atoms with Gasteiger partial charge >= 0.3 is 5.97 Å². The van der Waals surface area contributed by atoms with Gasteiger partial charge in [-0.3, -0.25) is 9.36 Å². The first-order valence-electron chi connectivity index (χ1n) is 12.1. The van der Waals surface area contributed by atoms with Gasteiger partial charge in [0, 0.05) is 5.02 Å². The molecule has 0 bridgehead atoms. The number of methoxy groups -OCH3 is 1. The zero-order chi connectivity index (χ0) is 26.7. The maximum absolute atomic E-state index is 13.8. The predicted octanol–water partition coefficient (Wildman–Crippen LogP) is 4.64. The van der Waals surface area contributed by atoms with E-state index in [9.17, 15) is 9.59 Å². The van der Waals surface area contributed by atoms with Gasteiger partial charge in [-0.15, -0.1) is 0 Å². The summed E-state index contributed by atoms with van der Waals surface area (Å²) in [6.45, 7) is 7.73. The molecule has 0 fully saturated rings. The molecule has 0 aliphatic carbocycles. The van der Waals surface area contributed by atoms with E-state index < -0.39 is 12.0 Å². The van der Waals surface area contributed by atoms with E-state index in [0.29, 0.717) is 42.7 Å². The molecule has 2 aromatic carbocycles. The number of carbonyl (C=O) groups excluding carboxylic acids is 1. The molecule has 0 radical (unpaired) electrons. The Labute approximate surface area is 224 Å². The van der Waals surface area contributed by atoms with Crippen LogP contribution >= 0.6 is 22.9 Å². The third-order valence-electron chi connectivity index (χ3n) is 6.11. The average molecular weight is 541 g/mol. The van der Waals surface area contributed by atoms with E-state index in [2.05, 4.69) is 11.9 Å². The van der Waals surface area contributed by atoms with E-state index >= 15 is 0 Å². The maximum Gasteiger partial charge on any atom is 0.338 e. The minimum Gasteiger partial charge on any atom is -0.493 e. The smallest absolute Gasteiger partial charge is 0.338 e. The van der Waals surface area contributed by atoms with E-state index in [-0.39, 0.29) is 18.3 Å². The van der Waals surface area contributed by atoms with Gasteiger partial charge in [0.15, 0.2) is 16.3 Å². The van der Waals surface area contributed by atoms with Crippen LogP contribution in [0.4, 0.5) is 0 Å². The van der Waals surface area contributed by atoms with Crippen molar-refractivity contribution in [2.75, 3.05) is 13.7 Å². The zero-order valence-corrected chi connectivity index (χ0v) is 23.0. The molecular weight excluding hydrogens is 512 g/mol. The largest absolute Gasteiger partial charge is 0.493 e. The molecule has 7 nitrogen and oxygen atoms in total. The summed E-state index contributed by atoms with van der Waals surface area (Å²) >= 11 is 7.80. The minimum absolute atomic E-state index is 0.0464. The Morgan fingerprint density at radius 1 is 1.22 bits per heavy atom. The average Bonchev–Trinajstić information content (AvgIpc) is 3.18. The molecule has 1 aromatic heterocycles. The second-order valence-electron chi connectivity index (χ2n) is 8.57. The van der Waals surface area contributed by atoms with Crippen LogP contribution in [0, 0.1) is 0 Å². The molecule has 194 valence electrons. The summed E-state index contributed by atoms with van der Waals surface area (Å²) in [5.41, 5.74) is 1.91. The normalized spacial score (nSPS) is 16.2. The lowest BCUT2D eigenvalue weighted by atomic mass is 9.96. The van der Waals surface area contributed by atoms with E-state index in [4.69, 9.17) is 25.8 Å². The Hall–Kier alpha value is -3.36. The van der Waals surface area contributed by atoms with E-state index in [1.54, 1.807) is 39.2 Å². The van der Waals surface area contributed by atoms with Crippen molar-refractivity contribution in [3.8, 4) is 11.5 Å². The fourth-order valence-electron chi connectivity index (χ4n) is 4.11. The molecule has 4 rings (SSSR count). The van der Waals surface area contributed by atoms with Gasteiger partial charge in [0.25, 0.3) is 5.56 Å². The first kappa shape index (κ1) is 26.7. The highest BCUT2D eigenvalue weighted by molar-refractivity contribution is 7.07. The van der Waals surface area contributed by atoms with Crippen molar-refractivity contribution in [2.24, 2.45) is 4.99 Å². The molecule has 37 heavy (non-hydrogen) atoms. The summed E-state index contributed by atoms with van der Waals surface area (Å²) in [6.07, 6.45) is 2.70. The van der Waals surface area contributed by atoms with Gasteiger partial charge in [-0.1, -0.05) is 54.1 Å². The second kappa shape index (κ2) is 11.4. The van der Waals surface area contributed by atoms with E-state index in [0.717, 1.165) is 12.0 Å². The van der Waals surface area contributed by atoms with Gasteiger partial charge < -0.3 is 14.2 Å². The number of nitrogens with zero attached hydrogens (tertiary/aromatic N) is 2. The molecule has 0 amide bonds. The number of hydrogen-bond donors (Lipinski definition) is 0. The Bertz CT molecular complexity index is 1540. The van der Waals surface area contributed by atoms with Crippen molar-refractivity contribution in [1.82, 2.24) is 4.57 Å².